The highest BCUT2D eigenvalue weighted by Gasteiger charge is 2.69. The van der Waals surface area contributed by atoms with Crippen molar-refractivity contribution in [3.8, 4) is 0 Å². The van der Waals surface area contributed by atoms with Gasteiger partial charge < -0.3 is 10.4 Å². The number of rotatable bonds is 1. The summed E-state index contributed by atoms with van der Waals surface area (Å²) in [6, 6.07) is -0.336. The van der Waals surface area contributed by atoms with Crippen LogP contribution in [-0.4, -0.2) is 29.3 Å². The molecule has 4 heteroatoms. The van der Waals surface area contributed by atoms with Crippen LogP contribution in [0.5, 0.6) is 0 Å². The number of carbonyl (C=O) groups excluding carboxylic acids is 1. The van der Waals surface area contributed by atoms with E-state index in [9.17, 15) is 9.18 Å². The van der Waals surface area contributed by atoms with E-state index in [1.165, 1.54) is 0 Å². The smallest absolute Gasteiger partial charge is 0.258 e. The molecule has 1 saturated carbocycles. The highest BCUT2D eigenvalue weighted by molar-refractivity contribution is 5.92. The summed E-state index contributed by atoms with van der Waals surface area (Å²) in [6.45, 7) is -0.151. The van der Waals surface area contributed by atoms with Crippen LogP contribution in [0.3, 0.4) is 0 Å². The molecule has 0 aromatic rings. The summed E-state index contributed by atoms with van der Waals surface area (Å²) < 4.78 is 13.0. The molecule has 2 N–H and O–H groups in total. The molecule has 1 heterocycles. The number of amides is 1. The van der Waals surface area contributed by atoms with Crippen molar-refractivity contribution in [2.24, 2.45) is 5.92 Å². The van der Waals surface area contributed by atoms with Crippen molar-refractivity contribution in [1.29, 1.82) is 0 Å². The first-order chi connectivity index (χ1) is 4.68. The number of aliphatic hydroxyl groups excluding tert-OH is 1. The first kappa shape index (κ1) is 6.09. The molecule has 2 aliphatic rings. The SMILES string of the molecule is O=C1NC(CO)C2CC12F. The number of aliphatic hydroxyl groups is 1. The second-order valence-electron chi connectivity index (χ2n) is 2.94. The number of halogens is 1. The number of hydrogen-bond acceptors (Lipinski definition) is 2. The average Bonchev–Trinajstić information content (AvgIpc) is 2.52. The fourth-order valence-electron chi connectivity index (χ4n) is 1.55. The van der Waals surface area contributed by atoms with E-state index in [2.05, 4.69) is 5.32 Å². The van der Waals surface area contributed by atoms with E-state index >= 15 is 0 Å². The van der Waals surface area contributed by atoms with Gasteiger partial charge in [0.05, 0.1) is 12.6 Å². The van der Waals surface area contributed by atoms with Gasteiger partial charge in [0.2, 0.25) is 0 Å². The van der Waals surface area contributed by atoms with E-state index in [1.54, 1.807) is 0 Å². The number of nitrogens with one attached hydrogen (secondary N) is 1. The maximum absolute atomic E-state index is 13.0. The zero-order valence-corrected chi connectivity index (χ0v) is 5.30. The Morgan fingerprint density at radius 3 is 2.80 bits per heavy atom. The van der Waals surface area contributed by atoms with Crippen LogP contribution < -0.4 is 5.32 Å². The molecule has 0 aromatic heterocycles. The Labute approximate surface area is 57.2 Å². The molecule has 2 fully saturated rings. The third-order valence-corrected chi connectivity index (χ3v) is 2.32. The molecule has 0 spiro atoms. The van der Waals surface area contributed by atoms with Crippen molar-refractivity contribution in [3.63, 3.8) is 0 Å². The van der Waals surface area contributed by atoms with E-state index in [1.807, 2.05) is 0 Å². The number of carbonyl (C=O) groups is 1. The fraction of sp³-hybridized carbons (Fsp3) is 0.833. The minimum Gasteiger partial charge on any atom is -0.394 e. The maximum atomic E-state index is 13.0. The van der Waals surface area contributed by atoms with Crippen LogP contribution in [0.2, 0.25) is 0 Å². The Hall–Kier alpha value is -0.640. The first-order valence-electron chi connectivity index (χ1n) is 3.29. The van der Waals surface area contributed by atoms with Gasteiger partial charge in [-0.25, -0.2) is 4.39 Å². The van der Waals surface area contributed by atoms with Crippen LogP contribution in [0.15, 0.2) is 0 Å². The van der Waals surface area contributed by atoms with Crippen molar-refractivity contribution >= 4 is 5.91 Å². The number of hydrogen-bond donors (Lipinski definition) is 2. The lowest BCUT2D eigenvalue weighted by Gasteiger charge is -2.06. The van der Waals surface area contributed by atoms with Crippen molar-refractivity contribution in [1.82, 2.24) is 5.32 Å². The van der Waals surface area contributed by atoms with Crippen LogP contribution in [0, 0.1) is 5.92 Å². The predicted molar refractivity (Wildman–Crippen MR) is 31.0 cm³/mol. The summed E-state index contributed by atoms with van der Waals surface area (Å²) >= 11 is 0. The normalized spacial score (nSPS) is 50.4. The number of piperidine rings is 1. The molecule has 0 aromatic carbocycles. The Morgan fingerprint density at radius 2 is 2.60 bits per heavy atom. The average molecular weight is 145 g/mol. The zero-order valence-electron chi connectivity index (χ0n) is 5.30. The minimum absolute atomic E-state index is 0.151. The van der Waals surface area contributed by atoms with E-state index in [0.29, 0.717) is 6.42 Å². The molecule has 1 saturated heterocycles. The number of alkyl halides is 1. The van der Waals surface area contributed by atoms with E-state index in [-0.39, 0.29) is 18.6 Å². The topological polar surface area (TPSA) is 49.3 Å². The summed E-state index contributed by atoms with van der Waals surface area (Å²) in [4.78, 5) is 10.7. The third kappa shape index (κ3) is 0.502. The quantitative estimate of drug-likeness (QED) is 0.507. The predicted octanol–water partition coefficient (Wildman–Crippen LogP) is -0.795. The molecule has 0 bridgehead atoms. The molecular weight excluding hydrogens is 137 g/mol. The first-order valence-corrected chi connectivity index (χ1v) is 3.29. The van der Waals surface area contributed by atoms with Gasteiger partial charge in [0.25, 0.3) is 5.91 Å². The molecule has 3 atom stereocenters. The van der Waals surface area contributed by atoms with E-state index < -0.39 is 11.6 Å². The van der Waals surface area contributed by atoms with Gasteiger partial charge in [0.1, 0.15) is 0 Å². The van der Waals surface area contributed by atoms with Crippen LogP contribution >= 0.6 is 0 Å². The monoisotopic (exact) mass is 145 g/mol. The van der Waals surface area contributed by atoms with Gasteiger partial charge in [-0.3, -0.25) is 4.79 Å². The molecule has 1 aliphatic carbocycles. The lowest BCUT2D eigenvalue weighted by molar-refractivity contribution is -0.125. The van der Waals surface area contributed by atoms with Gasteiger partial charge >= 0.3 is 0 Å². The standard InChI is InChI=1S/C6H8FNO2/c7-6-1-3(6)4(2-9)8-5(6)10/h3-4,9H,1-2H2,(H,8,10). The lowest BCUT2D eigenvalue weighted by atomic mass is 10.2. The Balaban J connectivity index is 2.17. The molecule has 3 unspecified atom stereocenters. The van der Waals surface area contributed by atoms with E-state index in [0.717, 1.165) is 0 Å². The van der Waals surface area contributed by atoms with Crippen molar-refractivity contribution in [3.05, 3.63) is 0 Å². The van der Waals surface area contributed by atoms with Gasteiger partial charge in [0.15, 0.2) is 5.67 Å². The molecule has 10 heavy (non-hydrogen) atoms. The molecule has 0 radical (unpaired) electrons. The van der Waals surface area contributed by atoms with Gasteiger partial charge in [-0.05, 0) is 6.42 Å². The van der Waals surface area contributed by atoms with Crippen molar-refractivity contribution in [2.75, 3.05) is 6.61 Å². The lowest BCUT2D eigenvalue weighted by Crippen LogP contribution is -2.34. The number of fused-ring (bicyclic) bond motifs is 1. The van der Waals surface area contributed by atoms with Gasteiger partial charge in [0, 0.05) is 5.92 Å². The van der Waals surface area contributed by atoms with Crippen molar-refractivity contribution in [2.45, 2.75) is 18.1 Å². The largest absolute Gasteiger partial charge is 0.394 e. The Bertz CT molecular complexity index is 196. The third-order valence-electron chi connectivity index (χ3n) is 2.32. The summed E-state index contributed by atoms with van der Waals surface area (Å²) in [7, 11) is 0. The Kier molecular flexibility index (Phi) is 0.916. The van der Waals surface area contributed by atoms with Crippen molar-refractivity contribution < 1.29 is 14.3 Å². The summed E-state index contributed by atoms with van der Waals surface area (Å²) in [5.41, 5.74) is -1.62. The maximum Gasteiger partial charge on any atom is 0.258 e. The molecule has 2 rings (SSSR count). The molecule has 1 amide bonds. The second kappa shape index (κ2) is 1.50. The minimum atomic E-state index is -1.62. The molecule has 1 aliphatic heterocycles. The highest BCUT2D eigenvalue weighted by Crippen LogP contribution is 2.53. The second-order valence-corrected chi connectivity index (χ2v) is 2.94. The highest BCUT2D eigenvalue weighted by atomic mass is 19.1. The molecule has 3 nitrogen and oxygen atoms in total. The van der Waals surface area contributed by atoms with Crippen LogP contribution in [0.4, 0.5) is 4.39 Å². The fourth-order valence-corrected chi connectivity index (χ4v) is 1.55. The summed E-state index contributed by atoms with van der Waals surface area (Å²) in [6.07, 6.45) is 0.296. The van der Waals surface area contributed by atoms with Crippen LogP contribution in [-0.2, 0) is 4.79 Å². The van der Waals surface area contributed by atoms with Gasteiger partial charge in [-0.2, -0.15) is 0 Å². The van der Waals surface area contributed by atoms with E-state index in [4.69, 9.17) is 5.11 Å². The van der Waals surface area contributed by atoms with Gasteiger partial charge in [-0.15, -0.1) is 0 Å². The Morgan fingerprint density at radius 1 is 1.90 bits per heavy atom. The zero-order chi connectivity index (χ0) is 7.35. The molecular formula is C6H8FNO2. The summed E-state index contributed by atoms with van der Waals surface area (Å²) in [5, 5.41) is 11.0. The summed E-state index contributed by atoms with van der Waals surface area (Å²) in [5.74, 6) is -0.804. The van der Waals surface area contributed by atoms with Crippen LogP contribution in [0.25, 0.3) is 0 Å². The molecule has 56 valence electrons. The van der Waals surface area contributed by atoms with Gasteiger partial charge in [-0.1, -0.05) is 0 Å². The van der Waals surface area contributed by atoms with Crippen LogP contribution in [0.1, 0.15) is 6.42 Å².